The first-order valence-electron chi connectivity index (χ1n) is 7.07. The fourth-order valence-corrected chi connectivity index (χ4v) is 2.29. The van der Waals surface area contributed by atoms with Gasteiger partial charge in [0.1, 0.15) is 0 Å². The Morgan fingerprint density at radius 3 is 2.70 bits per heavy atom. The topological polar surface area (TPSA) is 56.7 Å². The summed E-state index contributed by atoms with van der Waals surface area (Å²) in [4.78, 5) is 5.74. The molecule has 1 atom stereocenters. The third-order valence-electron chi connectivity index (χ3n) is 2.62. The largest absolute Gasteiger partial charge is 0.396 e. The van der Waals surface area contributed by atoms with Gasteiger partial charge in [-0.3, -0.25) is 4.99 Å². The van der Waals surface area contributed by atoms with Gasteiger partial charge in [0.2, 0.25) is 0 Å². The van der Waals surface area contributed by atoms with Crippen molar-refractivity contribution in [3.63, 3.8) is 0 Å². The van der Waals surface area contributed by atoms with Crippen LogP contribution in [-0.2, 0) is 0 Å². The molecular weight excluding hydrogens is 270 g/mol. The van der Waals surface area contributed by atoms with Gasteiger partial charge in [-0.05, 0) is 25.0 Å². The summed E-state index contributed by atoms with van der Waals surface area (Å²) in [7, 11) is 0. The number of benzene rings is 1. The second kappa shape index (κ2) is 10.6. The molecule has 0 amide bonds. The number of aliphatic imine (C=N–C) groups is 1. The molecule has 1 aromatic carbocycles. The van der Waals surface area contributed by atoms with Crippen molar-refractivity contribution in [1.29, 1.82) is 0 Å². The Morgan fingerprint density at radius 2 is 2.05 bits per heavy atom. The molecule has 4 nitrogen and oxygen atoms in total. The van der Waals surface area contributed by atoms with Crippen LogP contribution in [0.1, 0.15) is 13.8 Å². The van der Waals surface area contributed by atoms with Gasteiger partial charge in [0.25, 0.3) is 0 Å². The Kier molecular flexibility index (Phi) is 8.91. The summed E-state index contributed by atoms with van der Waals surface area (Å²) in [6.07, 6.45) is 0. The maximum Gasteiger partial charge on any atom is 0.191 e. The minimum atomic E-state index is 0.173. The van der Waals surface area contributed by atoms with Crippen LogP contribution in [-0.4, -0.2) is 43.1 Å². The smallest absolute Gasteiger partial charge is 0.191 e. The van der Waals surface area contributed by atoms with E-state index in [4.69, 9.17) is 5.11 Å². The number of rotatable bonds is 8. The lowest BCUT2D eigenvalue weighted by Crippen LogP contribution is -2.38. The van der Waals surface area contributed by atoms with Crippen LogP contribution in [0.3, 0.4) is 0 Å². The summed E-state index contributed by atoms with van der Waals surface area (Å²) in [5.74, 6) is 2.01. The molecule has 0 saturated carbocycles. The predicted octanol–water partition coefficient (Wildman–Crippen LogP) is 1.96. The zero-order valence-electron chi connectivity index (χ0n) is 12.3. The molecule has 5 heteroatoms. The van der Waals surface area contributed by atoms with E-state index in [-0.39, 0.29) is 12.5 Å². The minimum absolute atomic E-state index is 0.173. The van der Waals surface area contributed by atoms with Crippen LogP contribution < -0.4 is 10.6 Å². The van der Waals surface area contributed by atoms with Crippen LogP contribution in [0, 0.1) is 5.92 Å². The summed E-state index contributed by atoms with van der Waals surface area (Å²) in [5.41, 5.74) is 0. The molecule has 0 saturated heterocycles. The molecule has 1 rings (SSSR count). The van der Waals surface area contributed by atoms with Gasteiger partial charge >= 0.3 is 0 Å². The normalized spacial score (nSPS) is 13.1. The van der Waals surface area contributed by atoms with Gasteiger partial charge in [-0.1, -0.05) is 25.1 Å². The number of nitrogens with zero attached hydrogens (tertiary/aromatic N) is 1. The molecule has 112 valence electrons. The summed E-state index contributed by atoms with van der Waals surface area (Å²) < 4.78 is 0. The standard InChI is InChI=1S/C15H25N3OS/c1-3-16-15(18-11-13(2)12-19)17-9-10-20-14-7-5-4-6-8-14/h4-8,13,19H,3,9-12H2,1-2H3,(H2,16,17,18). The predicted molar refractivity (Wildman–Crippen MR) is 87.4 cm³/mol. The van der Waals surface area contributed by atoms with Crippen molar-refractivity contribution in [1.82, 2.24) is 10.6 Å². The third kappa shape index (κ3) is 7.40. The highest BCUT2D eigenvalue weighted by atomic mass is 32.2. The second-order valence-corrected chi connectivity index (χ2v) is 5.76. The van der Waals surface area contributed by atoms with Crippen molar-refractivity contribution < 1.29 is 5.11 Å². The number of hydrogen-bond acceptors (Lipinski definition) is 3. The molecule has 20 heavy (non-hydrogen) atoms. The van der Waals surface area contributed by atoms with Crippen LogP contribution >= 0.6 is 11.8 Å². The molecule has 0 aromatic heterocycles. The van der Waals surface area contributed by atoms with E-state index >= 15 is 0 Å². The minimum Gasteiger partial charge on any atom is -0.396 e. The highest BCUT2D eigenvalue weighted by Gasteiger charge is 2.01. The molecule has 0 radical (unpaired) electrons. The average Bonchev–Trinajstić information content (AvgIpc) is 2.49. The van der Waals surface area contributed by atoms with Crippen molar-refractivity contribution in [2.75, 3.05) is 32.0 Å². The number of aliphatic hydroxyl groups excluding tert-OH is 1. The summed E-state index contributed by atoms with van der Waals surface area (Å²) in [6.45, 7) is 6.54. The Balaban J connectivity index is 2.28. The van der Waals surface area contributed by atoms with Gasteiger partial charge in [-0.15, -0.1) is 11.8 Å². The lowest BCUT2D eigenvalue weighted by molar-refractivity contribution is 0.241. The van der Waals surface area contributed by atoms with Gasteiger partial charge in [0.05, 0.1) is 0 Å². The van der Waals surface area contributed by atoms with Crippen molar-refractivity contribution in [2.24, 2.45) is 10.9 Å². The van der Waals surface area contributed by atoms with Crippen LogP contribution in [0.4, 0.5) is 0 Å². The zero-order valence-corrected chi connectivity index (χ0v) is 13.1. The van der Waals surface area contributed by atoms with E-state index in [9.17, 15) is 0 Å². The molecule has 3 N–H and O–H groups in total. The average molecular weight is 295 g/mol. The molecule has 0 aliphatic carbocycles. The molecular formula is C15H25N3OS. The van der Waals surface area contributed by atoms with Gasteiger partial charge in [0.15, 0.2) is 5.96 Å². The quantitative estimate of drug-likeness (QED) is 0.297. The molecule has 0 bridgehead atoms. The monoisotopic (exact) mass is 295 g/mol. The van der Waals surface area contributed by atoms with E-state index in [1.54, 1.807) is 0 Å². The lowest BCUT2D eigenvalue weighted by atomic mass is 10.2. The summed E-state index contributed by atoms with van der Waals surface area (Å²) in [5, 5.41) is 15.5. The Labute approximate surface area is 126 Å². The third-order valence-corrected chi connectivity index (χ3v) is 3.64. The fourth-order valence-electron chi connectivity index (χ4n) is 1.50. The first-order chi connectivity index (χ1) is 9.76. The van der Waals surface area contributed by atoms with Crippen LogP contribution in [0.2, 0.25) is 0 Å². The number of guanidine groups is 1. The maximum absolute atomic E-state index is 9.00. The Morgan fingerprint density at radius 1 is 1.30 bits per heavy atom. The van der Waals surface area contributed by atoms with Crippen molar-refractivity contribution >= 4 is 17.7 Å². The molecule has 0 fully saturated rings. The number of hydrogen-bond donors (Lipinski definition) is 3. The number of aliphatic hydroxyl groups is 1. The van der Waals surface area contributed by atoms with Gasteiger partial charge in [-0.2, -0.15) is 0 Å². The maximum atomic E-state index is 9.00. The molecule has 0 aliphatic rings. The van der Waals surface area contributed by atoms with E-state index in [0.717, 1.165) is 24.8 Å². The van der Waals surface area contributed by atoms with E-state index in [0.29, 0.717) is 6.54 Å². The van der Waals surface area contributed by atoms with Gasteiger partial charge in [0, 0.05) is 36.9 Å². The highest BCUT2D eigenvalue weighted by Crippen LogP contribution is 2.15. The van der Waals surface area contributed by atoms with Crippen LogP contribution in [0.15, 0.2) is 40.2 Å². The molecule has 0 heterocycles. The highest BCUT2D eigenvalue weighted by molar-refractivity contribution is 7.99. The molecule has 0 spiro atoms. The zero-order chi connectivity index (χ0) is 14.6. The van der Waals surface area contributed by atoms with Gasteiger partial charge in [-0.25, -0.2) is 0 Å². The molecule has 1 unspecified atom stereocenters. The number of thioether (sulfide) groups is 1. The van der Waals surface area contributed by atoms with E-state index in [1.165, 1.54) is 4.90 Å². The van der Waals surface area contributed by atoms with E-state index < -0.39 is 0 Å². The van der Waals surface area contributed by atoms with Crippen LogP contribution in [0.25, 0.3) is 0 Å². The van der Waals surface area contributed by atoms with E-state index in [1.807, 2.05) is 31.7 Å². The van der Waals surface area contributed by atoms with Crippen molar-refractivity contribution in [3.8, 4) is 0 Å². The SMILES string of the molecule is CCNC(=NCC(C)CO)NCCSc1ccccc1. The van der Waals surface area contributed by atoms with Crippen LogP contribution in [0.5, 0.6) is 0 Å². The first-order valence-corrected chi connectivity index (χ1v) is 8.05. The molecule has 1 aromatic rings. The second-order valence-electron chi connectivity index (χ2n) is 4.60. The van der Waals surface area contributed by atoms with Crippen molar-refractivity contribution in [3.05, 3.63) is 30.3 Å². The Bertz CT molecular complexity index is 384. The lowest BCUT2D eigenvalue weighted by Gasteiger charge is -2.12. The van der Waals surface area contributed by atoms with Gasteiger partial charge < -0.3 is 15.7 Å². The molecule has 0 aliphatic heterocycles. The summed E-state index contributed by atoms with van der Waals surface area (Å²) >= 11 is 1.82. The Hall–Kier alpha value is -1.20. The number of nitrogens with one attached hydrogen (secondary N) is 2. The van der Waals surface area contributed by atoms with Crippen molar-refractivity contribution in [2.45, 2.75) is 18.7 Å². The van der Waals surface area contributed by atoms with E-state index in [2.05, 4.69) is 39.9 Å². The fraction of sp³-hybridized carbons (Fsp3) is 0.533. The first kappa shape index (κ1) is 16.9. The summed E-state index contributed by atoms with van der Waals surface area (Å²) in [6, 6.07) is 10.4.